The molecule has 2 N–H and O–H groups in total. The minimum absolute atomic E-state index is 0. The zero-order valence-corrected chi connectivity index (χ0v) is 18.3. The molecule has 0 fully saturated rings. The molecular formula is C19H25ClFIN4. The summed E-state index contributed by atoms with van der Waals surface area (Å²) in [6.45, 7) is 5.45. The monoisotopic (exact) mass is 490 g/mol. The predicted molar refractivity (Wildman–Crippen MR) is 117 cm³/mol. The van der Waals surface area contributed by atoms with Crippen LogP contribution in [0, 0.1) is 5.82 Å². The maximum Gasteiger partial charge on any atom is 0.191 e. The van der Waals surface area contributed by atoms with E-state index in [-0.39, 0.29) is 35.2 Å². The van der Waals surface area contributed by atoms with E-state index in [0.717, 1.165) is 24.2 Å². The van der Waals surface area contributed by atoms with Crippen molar-refractivity contribution in [1.82, 2.24) is 15.6 Å². The Bertz CT molecular complexity index is 723. The summed E-state index contributed by atoms with van der Waals surface area (Å²) in [7, 11) is 1.73. The summed E-state index contributed by atoms with van der Waals surface area (Å²) in [6, 6.07) is 10.4. The van der Waals surface area contributed by atoms with E-state index >= 15 is 0 Å². The molecule has 1 heterocycles. The maximum atomic E-state index is 13.2. The molecule has 0 unspecified atom stereocenters. The molecule has 2 aromatic rings. The first kappa shape index (κ1) is 22.6. The highest BCUT2D eigenvalue weighted by Gasteiger charge is 2.24. The number of pyridine rings is 1. The van der Waals surface area contributed by atoms with E-state index in [1.165, 1.54) is 12.1 Å². The van der Waals surface area contributed by atoms with Crippen LogP contribution in [0.4, 0.5) is 4.39 Å². The van der Waals surface area contributed by atoms with Crippen LogP contribution in [-0.4, -0.2) is 31.1 Å². The molecule has 0 amide bonds. The minimum Gasteiger partial charge on any atom is -0.356 e. The number of rotatable bonds is 6. The van der Waals surface area contributed by atoms with Gasteiger partial charge in [0.2, 0.25) is 0 Å². The van der Waals surface area contributed by atoms with E-state index in [9.17, 15) is 4.39 Å². The Kier molecular flexibility index (Phi) is 9.29. The molecule has 0 spiro atoms. The Morgan fingerprint density at radius 1 is 1.23 bits per heavy atom. The number of hydrogen-bond donors (Lipinski definition) is 2. The average molecular weight is 491 g/mol. The smallest absolute Gasteiger partial charge is 0.191 e. The second kappa shape index (κ2) is 10.7. The number of aliphatic imine (C=N–C) groups is 1. The lowest BCUT2D eigenvalue weighted by Gasteiger charge is -2.27. The molecule has 2 rings (SSSR count). The third-order valence-corrected chi connectivity index (χ3v) is 4.29. The molecule has 0 aliphatic carbocycles. The van der Waals surface area contributed by atoms with Crippen molar-refractivity contribution in [3.8, 4) is 0 Å². The van der Waals surface area contributed by atoms with Gasteiger partial charge >= 0.3 is 0 Å². The van der Waals surface area contributed by atoms with Gasteiger partial charge in [0.15, 0.2) is 5.96 Å². The van der Waals surface area contributed by atoms with Crippen LogP contribution in [0.1, 0.15) is 25.1 Å². The predicted octanol–water partition coefficient (Wildman–Crippen LogP) is 4.18. The molecule has 0 saturated carbocycles. The van der Waals surface area contributed by atoms with Crippen LogP contribution in [0.2, 0.25) is 5.02 Å². The average Bonchev–Trinajstić information content (AvgIpc) is 2.58. The summed E-state index contributed by atoms with van der Waals surface area (Å²) >= 11 is 6.19. The summed E-state index contributed by atoms with van der Waals surface area (Å²) in [5, 5.41) is 7.01. The minimum atomic E-state index is -0.329. The molecule has 0 radical (unpaired) electrons. The number of nitrogens with zero attached hydrogens (tertiary/aromatic N) is 2. The molecule has 4 nitrogen and oxygen atoms in total. The molecule has 1 aromatic heterocycles. The van der Waals surface area contributed by atoms with Gasteiger partial charge in [-0.25, -0.2) is 4.39 Å². The summed E-state index contributed by atoms with van der Waals surface area (Å²) in [5.41, 5.74) is 1.65. The van der Waals surface area contributed by atoms with Gasteiger partial charge in [0.1, 0.15) is 5.82 Å². The highest BCUT2D eigenvalue weighted by atomic mass is 127. The van der Waals surface area contributed by atoms with Gasteiger partial charge in [-0.15, -0.1) is 24.0 Å². The van der Waals surface area contributed by atoms with Crippen molar-refractivity contribution in [2.75, 3.05) is 20.1 Å². The Morgan fingerprint density at radius 2 is 2.00 bits per heavy atom. The van der Waals surface area contributed by atoms with Gasteiger partial charge in [-0.05, 0) is 29.8 Å². The van der Waals surface area contributed by atoms with Gasteiger partial charge in [-0.3, -0.25) is 9.98 Å². The molecular weight excluding hydrogens is 466 g/mol. The number of benzene rings is 1. The largest absolute Gasteiger partial charge is 0.356 e. The van der Waals surface area contributed by atoms with Crippen molar-refractivity contribution in [3.63, 3.8) is 0 Å². The molecule has 0 saturated heterocycles. The summed E-state index contributed by atoms with van der Waals surface area (Å²) < 4.78 is 13.2. The third-order valence-electron chi connectivity index (χ3n) is 3.98. The Morgan fingerprint density at radius 3 is 2.62 bits per heavy atom. The van der Waals surface area contributed by atoms with E-state index in [4.69, 9.17) is 11.6 Å². The van der Waals surface area contributed by atoms with E-state index in [2.05, 4.69) is 34.5 Å². The first-order valence-corrected chi connectivity index (χ1v) is 8.60. The van der Waals surface area contributed by atoms with Gasteiger partial charge in [-0.1, -0.05) is 37.6 Å². The first-order valence-electron chi connectivity index (χ1n) is 8.22. The number of aromatic nitrogens is 1. The van der Waals surface area contributed by atoms with Gasteiger partial charge < -0.3 is 10.6 Å². The normalized spacial score (nSPS) is 11.7. The van der Waals surface area contributed by atoms with Crippen LogP contribution in [0.5, 0.6) is 0 Å². The SMILES string of the molecule is CN=C(NCCc1ccccn1)NCC(C)(C)c1ccc(F)cc1Cl.I. The van der Waals surface area contributed by atoms with Gasteiger partial charge in [-0.2, -0.15) is 0 Å². The van der Waals surface area contributed by atoms with Crippen LogP contribution in [-0.2, 0) is 11.8 Å². The standard InChI is InChI=1S/C19H24ClFN4.HI/c1-19(2,16-8-7-14(21)12-17(16)20)13-25-18(22-3)24-11-9-15-6-4-5-10-23-15;/h4-8,10,12H,9,11,13H2,1-3H3,(H2,22,24,25);1H. The topological polar surface area (TPSA) is 49.3 Å². The van der Waals surface area contributed by atoms with Gasteiger partial charge in [0.25, 0.3) is 0 Å². The fraction of sp³-hybridized carbons (Fsp3) is 0.368. The molecule has 0 aliphatic heterocycles. The van der Waals surface area contributed by atoms with E-state index < -0.39 is 0 Å². The van der Waals surface area contributed by atoms with Crippen LogP contribution >= 0.6 is 35.6 Å². The quantitative estimate of drug-likeness (QED) is 0.363. The summed E-state index contributed by atoms with van der Waals surface area (Å²) in [6.07, 6.45) is 2.60. The number of hydrogen-bond acceptors (Lipinski definition) is 2. The van der Waals surface area contributed by atoms with Gasteiger partial charge in [0.05, 0.1) is 0 Å². The van der Waals surface area contributed by atoms with Crippen LogP contribution in [0.3, 0.4) is 0 Å². The van der Waals surface area contributed by atoms with E-state index in [1.54, 1.807) is 19.3 Å². The van der Waals surface area contributed by atoms with Crippen molar-refractivity contribution in [3.05, 3.63) is 64.7 Å². The molecule has 1 aromatic carbocycles. The van der Waals surface area contributed by atoms with E-state index in [1.807, 2.05) is 18.2 Å². The fourth-order valence-corrected chi connectivity index (χ4v) is 2.94. The lowest BCUT2D eigenvalue weighted by Crippen LogP contribution is -2.44. The van der Waals surface area contributed by atoms with E-state index in [0.29, 0.717) is 17.5 Å². The van der Waals surface area contributed by atoms with Crippen molar-refractivity contribution in [1.29, 1.82) is 0 Å². The van der Waals surface area contributed by atoms with Crippen LogP contribution in [0.25, 0.3) is 0 Å². The molecule has 0 aliphatic rings. The van der Waals surface area contributed by atoms with Crippen LogP contribution in [0.15, 0.2) is 47.6 Å². The van der Waals surface area contributed by atoms with Crippen molar-refractivity contribution in [2.45, 2.75) is 25.7 Å². The Hall–Kier alpha value is -1.41. The molecule has 26 heavy (non-hydrogen) atoms. The Balaban J connectivity index is 0.00000338. The maximum absolute atomic E-state index is 13.2. The van der Waals surface area contributed by atoms with Crippen molar-refractivity contribution in [2.24, 2.45) is 4.99 Å². The number of guanidine groups is 1. The van der Waals surface area contributed by atoms with Gasteiger partial charge in [0, 0.05) is 48.9 Å². The van der Waals surface area contributed by atoms with Crippen molar-refractivity contribution >= 4 is 41.5 Å². The third kappa shape index (κ3) is 6.72. The van der Waals surface area contributed by atoms with Crippen LogP contribution < -0.4 is 10.6 Å². The Labute approximate surface area is 176 Å². The molecule has 7 heteroatoms. The molecule has 142 valence electrons. The first-order chi connectivity index (χ1) is 11.9. The lowest BCUT2D eigenvalue weighted by atomic mass is 9.84. The zero-order valence-electron chi connectivity index (χ0n) is 15.2. The summed E-state index contributed by atoms with van der Waals surface area (Å²) in [4.78, 5) is 8.53. The van der Waals surface area contributed by atoms with Crippen molar-refractivity contribution < 1.29 is 4.39 Å². The molecule has 0 atom stereocenters. The second-order valence-electron chi connectivity index (χ2n) is 6.43. The number of nitrogens with one attached hydrogen (secondary N) is 2. The summed E-state index contributed by atoms with van der Waals surface area (Å²) in [5.74, 6) is 0.381. The highest BCUT2D eigenvalue weighted by Crippen LogP contribution is 2.29. The lowest BCUT2D eigenvalue weighted by molar-refractivity contribution is 0.507. The fourth-order valence-electron chi connectivity index (χ4n) is 2.51. The highest BCUT2D eigenvalue weighted by molar-refractivity contribution is 14.0. The zero-order chi connectivity index (χ0) is 18.3. The number of halogens is 3. The second-order valence-corrected chi connectivity index (χ2v) is 6.84. The molecule has 0 bridgehead atoms.